The first-order chi connectivity index (χ1) is 8.76. The average Bonchev–Trinajstić information content (AvgIpc) is 2.84. The zero-order valence-electron chi connectivity index (χ0n) is 9.99. The van der Waals surface area contributed by atoms with Crippen molar-refractivity contribution in [3.63, 3.8) is 0 Å². The molecular formula is C13H15Cl2NO2. The first-order valence-electron chi connectivity index (χ1n) is 5.93. The van der Waals surface area contributed by atoms with Gasteiger partial charge in [-0.2, -0.15) is 0 Å². The van der Waals surface area contributed by atoms with Crippen LogP contribution in [0.5, 0.6) is 5.75 Å². The summed E-state index contributed by atoms with van der Waals surface area (Å²) in [6, 6.07) is 5.55. The van der Waals surface area contributed by atoms with E-state index in [1.807, 2.05) is 12.1 Å². The monoisotopic (exact) mass is 287 g/mol. The lowest BCUT2D eigenvalue weighted by atomic mass is 10.1. The van der Waals surface area contributed by atoms with Crippen LogP contribution >= 0.6 is 23.2 Å². The number of amides is 1. The predicted octanol–water partition coefficient (Wildman–Crippen LogP) is 2.54. The van der Waals surface area contributed by atoms with E-state index in [0.29, 0.717) is 37.0 Å². The normalized spacial score (nSPS) is 13.0. The molecule has 0 fully saturated rings. The van der Waals surface area contributed by atoms with Gasteiger partial charge in [0.1, 0.15) is 5.75 Å². The highest BCUT2D eigenvalue weighted by atomic mass is 35.5. The Balaban J connectivity index is 2.16. The van der Waals surface area contributed by atoms with E-state index in [9.17, 15) is 4.79 Å². The number of ether oxygens (including phenoxy) is 1. The Labute approximate surface area is 117 Å². The predicted molar refractivity (Wildman–Crippen MR) is 73.0 cm³/mol. The summed E-state index contributed by atoms with van der Waals surface area (Å²) in [5.41, 5.74) is 1.77. The van der Waals surface area contributed by atoms with Crippen LogP contribution in [0.25, 0.3) is 0 Å². The maximum atomic E-state index is 12.3. The summed E-state index contributed by atoms with van der Waals surface area (Å²) in [7, 11) is 0. The Bertz CT molecular complexity index is 431. The van der Waals surface area contributed by atoms with Gasteiger partial charge in [0.05, 0.1) is 6.61 Å². The molecule has 0 aliphatic carbocycles. The molecule has 3 nitrogen and oxygen atoms in total. The van der Waals surface area contributed by atoms with E-state index in [1.165, 1.54) is 0 Å². The third-order valence-electron chi connectivity index (χ3n) is 2.93. The van der Waals surface area contributed by atoms with Crippen molar-refractivity contribution in [3.8, 4) is 5.75 Å². The fourth-order valence-corrected chi connectivity index (χ4v) is 2.43. The van der Waals surface area contributed by atoms with Gasteiger partial charge in [0.2, 0.25) is 0 Å². The molecule has 98 valence electrons. The first-order valence-corrected chi connectivity index (χ1v) is 7.00. The second-order valence-electron chi connectivity index (χ2n) is 4.09. The molecule has 2 rings (SSSR count). The van der Waals surface area contributed by atoms with Gasteiger partial charge in [0, 0.05) is 36.8 Å². The van der Waals surface area contributed by atoms with Gasteiger partial charge in [0.25, 0.3) is 5.91 Å². The molecule has 1 amide bonds. The molecule has 0 atom stereocenters. The van der Waals surface area contributed by atoms with Crippen LogP contribution in [-0.4, -0.2) is 42.3 Å². The van der Waals surface area contributed by atoms with Crippen LogP contribution in [0, 0.1) is 0 Å². The smallest absolute Gasteiger partial charge is 0.253 e. The van der Waals surface area contributed by atoms with Crippen LogP contribution in [0.2, 0.25) is 0 Å². The second-order valence-corrected chi connectivity index (χ2v) is 4.85. The van der Waals surface area contributed by atoms with E-state index in [1.54, 1.807) is 11.0 Å². The SMILES string of the molecule is O=C(c1ccc2c(c1)CCO2)N(CCCl)CCCl. The molecule has 5 heteroatoms. The number of alkyl halides is 2. The van der Waals surface area contributed by atoms with Crippen LogP contribution in [-0.2, 0) is 6.42 Å². The molecule has 0 aromatic heterocycles. The van der Waals surface area contributed by atoms with Gasteiger partial charge in [-0.05, 0) is 23.8 Å². The summed E-state index contributed by atoms with van der Waals surface area (Å²) >= 11 is 11.4. The molecule has 1 aliphatic heterocycles. The van der Waals surface area contributed by atoms with Gasteiger partial charge < -0.3 is 9.64 Å². The van der Waals surface area contributed by atoms with Crippen molar-refractivity contribution in [2.45, 2.75) is 6.42 Å². The number of carbonyl (C=O) groups is 1. The maximum Gasteiger partial charge on any atom is 0.253 e. The molecule has 0 saturated carbocycles. The lowest BCUT2D eigenvalue weighted by Crippen LogP contribution is -2.34. The maximum absolute atomic E-state index is 12.3. The van der Waals surface area contributed by atoms with E-state index in [-0.39, 0.29) is 5.91 Å². The molecule has 0 N–H and O–H groups in total. The minimum Gasteiger partial charge on any atom is -0.493 e. The van der Waals surface area contributed by atoms with Crippen molar-refractivity contribution in [1.82, 2.24) is 4.90 Å². The van der Waals surface area contributed by atoms with Crippen LogP contribution in [0.4, 0.5) is 0 Å². The van der Waals surface area contributed by atoms with Crippen LogP contribution in [0.1, 0.15) is 15.9 Å². The second kappa shape index (κ2) is 6.30. The number of halogens is 2. The number of fused-ring (bicyclic) bond motifs is 1. The van der Waals surface area contributed by atoms with E-state index in [0.717, 1.165) is 17.7 Å². The van der Waals surface area contributed by atoms with Gasteiger partial charge >= 0.3 is 0 Å². The number of nitrogens with zero attached hydrogens (tertiary/aromatic N) is 1. The summed E-state index contributed by atoms with van der Waals surface area (Å²) in [6.45, 7) is 1.72. The molecule has 0 bridgehead atoms. The lowest BCUT2D eigenvalue weighted by molar-refractivity contribution is 0.0775. The molecule has 1 aliphatic rings. The molecule has 1 aromatic rings. The standard InChI is InChI=1S/C13H15Cl2NO2/c14-4-6-16(7-5-15)13(17)11-1-2-12-10(9-11)3-8-18-12/h1-2,9H,3-8H2. The minimum absolute atomic E-state index is 0.0222. The Hall–Kier alpha value is -0.930. The molecular weight excluding hydrogens is 273 g/mol. The summed E-state index contributed by atoms with van der Waals surface area (Å²) in [5.74, 6) is 1.69. The topological polar surface area (TPSA) is 29.5 Å². The number of benzene rings is 1. The highest BCUT2D eigenvalue weighted by Crippen LogP contribution is 2.26. The molecule has 0 spiro atoms. The lowest BCUT2D eigenvalue weighted by Gasteiger charge is -2.20. The van der Waals surface area contributed by atoms with Crippen LogP contribution in [0.3, 0.4) is 0 Å². The minimum atomic E-state index is -0.0222. The van der Waals surface area contributed by atoms with Gasteiger partial charge in [-0.15, -0.1) is 23.2 Å². The van der Waals surface area contributed by atoms with Crippen molar-refractivity contribution in [2.24, 2.45) is 0 Å². The third-order valence-corrected chi connectivity index (χ3v) is 3.27. The number of hydrogen-bond donors (Lipinski definition) is 0. The largest absolute Gasteiger partial charge is 0.493 e. The Morgan fingerprint density at radius 3 is 2.67 bits per heavy atom. The van der Waals surface area contributed by atoms with Gasteiger partial charge in [0.15, 0.2) is 0 Å². The zero-order valence-corrected chi connectivity index (χ0v) is 11.5. The fourth-order valence-electron chi connectivity index (χ4n) is 2.02. The molecule has 0 radical (unpaired) electrons. The molecule has 0 saturated heterocycles. The van der Waals surface area contributed by atoms with E-state index in [2.05, 4.69) is 0 Å². The van der Waals surface area contributed by atoms with Crippen molar-refractivity contribution in [3.05, 3.63) is 29.3 Å². The summed E-state index contributed by atoms with van der Waals surface area (Å²) in [5, 5.41) is 0. The molecule has 1 heterocycles. The van der Waals surface area contributed by atoms with E-state index in [4.69, 9.17) is 27.9 Å². The highest BCUT2D eigenvalue weighted by Gasteiger charge is 2.18. The zero-order chi connectivity index (χ0) is 13.0. The van der Waals surface area contributed by atoms with Gasteiger partial charge in [-0.3, -0.25) is 4.79 Å². The molecule has 18 heavy (non-hydrogen) atoms. The summed E-state index contributed by atoms with van der Waals surface area (Å²) in [4.78, 5) is 14.0. The average molecular weight is 288 g/mol. The van der Waals surface area contributed by atoms with Gasteiger partial charge in [-0.25, -0.2) is 0 Å². The Kier molecular flexibility index (Phi) is 4.72. The number of hydrogen-bond acceptors (Lipinski definition) is 2. The number of rotatable bonds is 5. The molecule has 0 unspecified atom stereocenters. The Morgan fingerprint density at radius 2 is 2.00 bits per heavy atom. The van der Waals surface area contributed by atoms with Crippen molar-refractivity contribution in [1.29, 1.82) is 0 Å². The van der Waals surface area contributed by atoms with E-state index >= 15 is 0 Å². The third kappa shape index (κ3) is 2.90. The summed E-state index contributed by atoms with van der Waals surface area (Å²) in [6.07, 6.45) is 0.863. The summed E-state index contributed by atoms with van der Waals surface area (Å²) < 4.78 is 5.42. The first kappa shape index (κ1) is 13.5. The Morgan fingerprint density at radius 1 is 1.28 bits per heavy atom. The van der Waals surface area contributed by atoms with Crippen molar-refractivity contribution < 1.29 is 9.53 Å². The number of carbonyl (C=O) groups excluding carboxylic acids is 1. The highest BCUT2D eigenvalue weighted by molar-refractivity contribution is 6.18. The molecule has 1 aromatic carbocycles. The van der Waals surface area contributed by atoms with Crippen molar-refractivity contribution in [2.75, 3.05) is 31.5 Å². The van der Waals surface area contributed by atoms with E-state index < -0.39 is 0 Å². The fraction of sp³-hybridized carbons (Fsp3) is 0.462. The van der Waals surface area contributed by atoms with Crippen LogP contribution in [0.15, 0.2) is 18.2 Å². The van der Waals surface area contributed by atoms with Crippen LogP contribution < -0.4 is 4.74 Å². The quantitative estimate of drug-likeness (QED) is 0.779. The van der Waals surface area contributed by atoms with Gasteiger partial charge in [-0.1, -0.05) is 0 Å². The van der Waals surface area contributed by atoms with Crippen molar-refractivity contribution >= 4 is 29.1 Å².